The Balaban J connectivity index is 1.39. The Hall–Kier alpha value is -5.66. The van der Waals surface area contributed by atoms with Gasteiger partial charge in [-0.15, -0.1) is 0 Å². The maximum Gasteiger partial charge on any atom is 0.101 e. The van der Waals surface area contributed by atoms with E-state index >= 15 is 0 Å². The molecule has 0 saturated carbocycles. The molecule has 0 spiro atoms. The first-order valence-corrected chi connectivity index (χ1v) is 13.6. The minimum atomic E-state index is 0.572. The van der Waals surface area contributed by atoms with E-state index in [9.17, 15) is 5.26 Å². The monoisotopic (exact) mass is 526 g/mol. The molecule has 41 heavy (non-hydrogen) atoms. The van der Waals surface area contributed by atoms with Crippen LogP contribution in [0, 0.1) is 11.3 Å². The van der Waals surface area contributed by atoms with Crippen LogP contribution in [0.15, 0.2) is 132 Å². The summed E-state index contributed by atoms with van der Waals surface area (Å²) in [6.07, 6.45) is 4.13. The van der Waals surface area contributed by atoms with Crippen LogP contribution >= 0.6 is 0 Å². The molecule has 0 aliphatic rings. The lowest BCUT2D eigenvalue weighted by molar-refractivity contribution is 1.16. The SMILES string of the molecule is C=N/C(=C\C(=C/C)n1c2ccccc2c2ccccc21)c1ccc(-n2c3ccccc3c3ccccc32)c(C#N)c1. The van der Waals surface area contributed by atoms with Gasteiger partial charge in [-0.3, -0.25) is 4.99 Å². The molecule has 0 unspecified atom stereocenters. The van der Waals surface area contributed by atoms with Crippen LogP contribution in [0.25, 0.3) is 60.7 Å². The second kappa shape index (κ2) is 9.82. The quantitative estimate of drug-likeness (QED) is 0.163. The minimum Gasteiger partial charge on any atom is -0.310 e. The fourth-order valence-electron chi connectivity index (χ4n) is 6.00. The van der Waals surface area contributed by atoms with E-state index in [0.717, 1.165) is 49.8 Å². The molecule has 0 aliphatic heterocycles. The number of nitriles is 1. The van der Waals surface area contributed by atoms with Crippen LogP contribution in [0.5, 0.6) is 0 Å². The van der Waals surface area contributed by atoms with Gasteiger partial charge in [0.05, 0.1) is 39.0 Å². The average molecular weight is 527 g/mol. The Morgan fingerprint density at radius 1 is 0.707 bits per heavy atom. The minimum absolute atomic E-state index is 0.572. The van der Waals surface area contributed by atoms with E-state index in [1.54, 1.807) is 0 Å². The van der Waals surface area contributed by atoms with Crippen molar-refractivity contribution in [2.24, 2.45) is 4.99 Å². The van der Waals surface area contributed by atoms with Crippen molar-refractivity contribution in [3.8, 4) is 11.8 Å². The van der Waals surface area contributed by atoms with Crippen molar-refractivity contribution >= 4 is 61.7 Å². The van der Waals surface area contributed by atoms with Gasteiger partial charge >= 0.3 is 0 Å². The van der Waals surface area contributed by atoms with E-state index in [0.29, 0.717) is 11.3 Å². The Bertz CT molecular complexity index is 2140. The van der Waals surface area contributed by atoms with Gasteiger partial charge in [-0.1, -0.05) is 84.9 Å². The molecule has 0 N–H and O–H groups in total. The maximum atomic E-state index is 10.3. The van der Waals surface area contributed by atoms with Crippen molar-refractivity contribution in [3.05, 3.63) is 139 Å². The molecule has 0 aliphatic carbocycles. The topological polar surface area (TPSA) is 46.0 Å². The van der Waals surface area contributed by atoms with E-state index in [4.69, 9.17) is 0 Å². The number of fused-ring (bicyclic) bond motifs is 6. The van der Waals surface area contributed by atoms with E-state index in [1.165, 1.54) is 10.8 Å². The number of allylic oxidation sites excluding steroid dienone is 3. The molecular formula is C37H26N4. The summed E-state index contributed by atoms with van der Waals surface area (Å²) in [6, 6.07) is 41.9. The molecule has 4 heteroatoms. The number of benzene rings is 5. The van der Waals surface area contributed by atoms with Crippen LogP contribution in [0.1, 0.15) is 18.1 Å². The van der Waals surface area contributed by atoms with E-state index < -0.39 is 0 Å². The molecule has 0 amide bonds. The fraction of sp³-hybridized carbons (Fsp3) is 0.0270. The van der Waals surface area contributed by atoms with Crippen molar-refractivity contribution in [2.45, 2.75) is 6.92 Å². The highest BCUT2D eigenvalue weighted by Gasteiger charge is 2.16. The molecule has 2 aromatic heterocycles. The van der Waals surface area contributed by atoms with Crippen molar-refractivity contribution in [2.75, 3.05) is 0 Å². The summed E-state index contributed by atoms with van der Waals surface area (Å²) in [5.41, 5.74) is 8.31. The molecule has 0 fully saturated rings. The molecule has 5 aromatic carbocycles. The number of aliphatic imine (C=N–C) groups is 1. The van der Waals surface area contributed by atoms with Gasteiger partial charge in [-0.2, -0.15) is 5.26 Å². The van der Waals surface area contributed by atoms with Crippen molar-refractivity contribution in [3.63, 3.8) is 0 Å². The predicted octanol–water partition coefficient (Wildman–Crippen LogP) is 9.37. The lowest BCUT2D eigenvalue weighted by atomic mass is 10.1. The number of aromatic nitrogens is 2. The Morgan fingerprint density at radius 2 is 1.20 bits per heavy atom. The normalized spacial score (nSPS) is 12.4. The summed E-state index contributed by atoms with van der Waals surface area (Å²) in [7, 11) is 0. The summed E-state index contributed by atoms with van der Waals surface area (Å²) in [5, 5.41) is 15.0. The highest BCUT2D eigenvalue weighted by Crippen LogP contribution is 2.35. The first-order valence-electron chi connectivity index (χ1n) is 13.6. The standard InChI is InChI=1S/C37H26N4/c1-3-27(40-34-16-8-4-12-28(34)29-13-5-9-17-35(29)40)23-32(39-2)25-20-21-33(26(22-25)24-38)41-36-18-10-6-14-30(36)31-15-7-11-19-37(31)41/h3-23H,2H2,1H3/b27-3+,32-23-. The molecule has 2 heterocycles. The van der Waals surface area contributed by atoms with Crippen molar-refractivity contribution in [1.82, 2.24) is 9.13 Å². The molecule has 194 valence electrons. The van der Waals surface area contributed by atoms with Gasteiger partial charge in [-0.05, 0) is 56.1 Å². The zero-order valence-electron chi connectivity index (χ0n) is 22.6. The smallest absolute Gasteiger partial charge is 0.101 e. The molecule has 0 radical (unpaired) electrons. The van der Waals surface area contributed by atoms with Gasteiger partial charge in [0.2, 0.25) is 0 Å². The second-order valence-corrected chi connectivity index (χ2v) is 9.98. The number of rotatable bonds is 5. The summed E-state index contributed by atoms with van der Waals surface area (Å²) in [5.74, 6) is 0. The third-order valence-electron chi connectivity index (χ3n) is 7.82. The van der Waals surface area contributed by atoms with Gasteiger partial charge < -0.3 is 9.13 Å². The fourth-order valence-corrected chi connectivity index (χ4v) is 6.00. The Morgan fingerprint density at radius 3 is 1.68 bits per heavy atom. The van der Waals surface area contributed by atoms with Crippen LogP contribution in [-0.4, -0.2) is 15.9 Å². The van der Waals surface area contributed by atoms with Crippen LogP contribution in [0.3, 0.4) is 0 Å². The largest absolute Gasteiger partial charge is 0.310 e. The molecule has 7 rings (SSSR count). The van der Waals surface area contributed by atoms with E-state index in [2.05, 4.69) is 118 Å². The summed E-state index contributed by atoms with van der Waals surface area (Å²) >= 11 is 0. The van der Waals surface area contributed by atoms with Gasteiger partial charge in [0.15, 0.2) is 0 Å². The Kier molecular flexibility index (Phi) is 5.84. The van der Waals surface area contributed by atoms with E-state index in [-0.39, 0.29) is 0 Å². The average Bonchev–Trinajstić information content (AvgIpc) is 3.55. The third-order valence-corrected chi connectivity index (χ3v) is 7.82. The first-order chi connectivity index (χ1) is 20.2. The van der Waals surface area contributed by atoms with Crippen molar-refractivity contribution < 1.29 is 0 Å². The van der Waals surface area contributed by atoms with Gasteiger partial charge in [0.1, 0.15) is 6.07 Å². The second-order valence-electron chi connectivity index (χ2n) is 9.98. The summed E-state index contributed by atoms with van der Waals surface area (Å²) in [4.78, 5) is 4.42. The number of para-hydroxylation sites is 4. The third kappa shape index (κ3) is 3.79. The van der Waals surface area contributed by atoms with Gasteiger partial charge in [-0.25, -0.2) is 0 Å². The predicted molar refractivity (Wildman–Crippen MR) is 172 cm³/mol. The highest BCUT2D eigenvalue weighted by atomic mass is 15.0. The first kappa shape index (κ1) is 24.4. The molecule has 0 saturated heterocycles. The van der Waals surface area contributed by atoms with Crippen molar-refractivity contribution in [1.29, 1.82) is 5.26 Å². The lowest BCUT2D eigenvalue weighted by Crippen LogP contribution is -1.99. The van der Waals surface area contributed by atoms with Gasteiger partial charge in [0, 0.05) is 32.8 Å². The molecular weight excluding hydrogens is 500 g/mol. The molecule has 0 bridgehead atoms. The molecule has 7 aromatic rings. The maximum absolute atomic E-state index is 10.3. The summed E-state index contributed by atoms with van der Waals surface area (Å²) < 4.78 is 4.43. The molecule has 0 atom stereocenters. The van der Waals surface area contributed by atoms with E-state index in [1.807, 2.05) is 43.3 Å². The van der Waals surface area contributed by atoms with Crippen LogP contribution in [-0.2, 0) is 0 Å². The lowest BCUT2D eigenvalue weighted by Gasteiger charge is -2.13. The number of nitrogens with zero attached hydrogens (tertiary/aromatic N) is 4. The number of hydrogen-bond donors (Lipinski definition) is 0. The summed E-state index contributed by atoms with van der Waals surface area (Å²) in [6.45, 7) is 5.93. The zero-order chi connectivity index (χ0) is 27.9. The van der Waals surface area contributed by atoms with Crippen LogP contribution < -0.4 is 0 Å². The molecule has 4 nitrogen and oxygen atoms in total. The van der Waals surface area contributed by atoms with Crippen LogP contribution in [0.2, 0.25) is 0 Å². The van der Waals surface area contributed by atoms with Gasteiger partial charge in [0.25, 0.3) is 0 Å². The van der Waals surface area contributed by atoms with Crippen LogP contribution in [0.4, 0.5) is 0 Å². The number of hydrogen-bond acceptors (Lipinski definition) is 2. The zero-order valence-corrected chi connectivity index (χ0v) is 22.6. The highest BCUT2D eigenvalue weighted by molar-refractivity contribution is 6.11. The Labute approximate surface area is 238 Å².